The van der Waals surface area contributed by atoms with Crippen LogP contribution < -0.4 is 10.6 Å². The quantitative estimate of drug-likeness (QED) is 0.180. The number of aromatic nitrogens is 4. The second-order valence-electron chi connectivity index (χ2n) is 10.1. The van der Waals surface area contributed by atoms with Crippen molar-refractivity contribution in [1.29, 1.82) is 0 Å². The second kappa shape index (κ2) is 12.3. The summed E-state index contributed by atoms with van der Waals surface area (Å²) in [4.78, 5) is 63.3. The highest BCUT2D eigenvalue weighted by atomic mass is 32.2. The predicted octanol–water partition coefficient (Wildman–Crippen LogP) is 0.560. The van der Waals surface area contributed by atoms with E-state index in [1.165, 1.54) is 36.0 Å². The topological polar surface area (TPSA) is 226 Å². The molecular formula is C24H27N7O9S2. The molecule has 0 radical (unpaired) electrons. The van der Waals surface area contributed by atoms with E-state index < -0.39 is 59.4 Å². The van der Waals surface area contributed by atoms with Gasteiger partial charge >= 0.3 is 18.0 Å². The number of fused-ring (bicyclic) bond motifs is 1. The predicted molar refractivity (Wildman–Crippen MR) is 146 cm³/mol. The van der Waals surface area contributed by atoms with E-state index in [-0.39, 0.29) is 28.1 Å². The number of β-lactam (4-membered cyclic amide) rings is 1. The molecule has 0 bridgehead atoms. The molecule has 42 heavy (non-hydrogen) atoms. The van der Waals surface area contributed by atoms with E-state index in [4.69, 9.17) is 9.84 Å². The van der Waals surface area contributed by atoms with Crippen LogP contribution in [0.25, 0.3) is 0 Å². The van der Waals surface area contributed by atoms with Crippen molar-refractivity contribution in [2.45, 2.75) is 55.5 Å². The molecule has 1 fully saturated rings. The molecule has 18 heteroatoms. The number of carbonyl (C=O) groups excluding carboxylic acids is 3. The number of phenols is 1. The Balaban J connectivity index is 1.49. The molecule has 16 nitrogen and oxygen atoms in total. The van der Waals surface area contributed by atoms with Gasteiger partial charge in [0, 0.05) is 11.5 Å². The zero-order valence-corrected chi connectivity index (χ0v) is 24.1. The van der Waals surface area contributed by atoms with Gasteiger partial charge in [-0.3, -0.25) is 19.3 Å². The summed E-state index contributed by atoms with van der Waals surface area (Å²) in [5.74, 6) is -3.67. The number of hydrogen-bond acceptors (Lipinski definition) is 12. The average Bonchev–Trinajstić information content (AvgIpc) is 3.33. The number of rotatable bonds is 10. The van der Waals surface area contributed by atoms with Gasteiger partial charge < -0.3 is 30.7 Å². The van der Waals surface area contributed by atoms with Gasteiger partial charge in [0.25, 0.3) is 5.91 Å². The van der Waals surface area contributed by atoms with Crippen molar-refractivity contribution in [3.8, 4) is 5.75 Å². The molecular weight excluding hydrogens is 594 g/mol. The number of carbonyl (C=O) groups is 5. The molecule has 1 unspecified atom stereocenters. The summed E-state index contributed by atoms with van der Waals surface area (Å²) >= 11 is 2.26. The fourth-order valence-electron chi connectivity index (χ4n) is 4.10. The minimum Gasteiger partial charge on any atom is -0.508 e. The molecule has 3 amide bonds. The maximum absolute atomic E-state index is 13.4. The largest absolute Gasteiger partial charge is 0.508 e. The Kier molecular flexibility index (Phi) is 8.95. The van der Waals surface area contributed by atoms with Crippen LogP contribution in [0.2, 0.25) is 0 Å². The summed E-state index contributed by atoms with van der Waals surface area (Å²) < 4.78 is 6.33. The van der Waals surface area contributed by atoms with Crippen molar-refractivity contribution in [3.63, 3.8) is 0 Å². The van der Waals surface area contributed by atoms with E-state index in [1.807, 2.05) is 0 Å². The lowest BCUT2D eigenvalue weighted by atomic mass is 10.0. The van der Waals surface area contributed by atoms with Crippen LogP contribution in [0.1, 0.15) is 32.4 Å². The molecule has 2 aromatic rings. The molecule has 0 saturated carbocycles. The van der Waals surface area contributed by atoms with Crippen LogP contribution in [0, 0.1) is 0 Å². The number of thioether (sulfide) groups is 2. The maximum Gasteiger partial charge on any atom is 0.408 e. The Morgan fingerprint density at radius 1 is 1.19 bits per heavy atom. The summed E-state index contributed by atoms with van der Waals surface area (Å²) in [5, 5.41) is 43.9. The molecule has 0 spiro atoms. The van der Waals surface area contributed by atoms with Gasteiger partial charge in [0.15, 0.2) is 0 Å². The lowest BCUT2D eigenvalue weighted by Crippen LogP contribution is -2.71. The van der Waals surface area contributed by atoms with Gasteiger partial charge in [-0.1, -0.05) is 23.9 Å². The van der Waals surface area contributed by atoms with Crippen LogP contribution >= 0.6 is 23.5 Å². The summed E-state index contributed by atoms with van der Waals surface area (Å²) in [6.45, 7) is 4.49. The number of hydrogen-bond donors (Lipinski definition) is 5. The molecule has 2 aliphatic rings. The normalized spacial score (nSPS) is 18.9. The summed E-state index contributed by atoms with van der Waals surface area (Å²) in [7, 11) is 0. The Labute approximate surface area is 246 Å². The lowest BCUT2D eigenvalue weighted by molar-refractivity contribution is -0.151. The molecule has 3 heterocycles. The van der Waals surface area contributed by atoms with Gasteiger partial charge in [0.1, 0.15) is 41.0 Å². The highest BCUT2D eigenvalue weighted by Gasteiger charge is 2.54. The van der Waals surface area contributed by atoms with Crippen molar-refractivity contribution >= 4 is 53.4 Å². The van der Waals surface area contributed by atoms with E-state index in [0.717, 1.165) is 21.3 Å². The highest BCUT2D eigenvalue weighted by Crippen LogP contribution is 2.41. The third-order valence-electron chi connectivity index (χ3n) is 5.86. The number of alkyl carbamates (subject to hydrolysis) is 1. The minimum absolute atomic E-state index is 0.0565. The number of amides is 3. The number of ether oxygens (including phenoxy) is 1. The standard InChI is InChI=1S/C24H27N7O9S2/c1-24(2,3)40-23(39)26-15(11-4-6-13(32)7-5-11)18(35)25-16-19(36)31-17(21(37)38)12(9-41-20(16)31)10-42-22-27-28-29-30(22)8-14(33)34/h4-7,15-16,20,32H,8-10H2,1-3H3,(H,25,35)(H,26,39)(H,33,34)(H,37,38)/t15-,16?,20-/m1/s1. The maximum atomic E-state index is 13.4. The summed E-state index contributed by atoms with van der Waals surface area (Å²) in [6.07, 6.45) is -0.878. The number of nitrogens with zero attached hydrogens (tertiary/aromatic N) is 5. The minimum atomic E-state index is -1.34. The highest BCUT2D eigenvalue weighted by molar-refractivity contribution is 8.01. The fraction of sp³-hybridized carbons (Fsp3) is 0.417. The Bertz CT molecular complexity index is 1440. The first-order chi connectivity index (χ1) is 19.7. The third kappa shape index (κ3) is 6.93. The fourth-order valence-corrected chi connectivity index (χ4v) is 6.46. The van der Waals surface area contributed by atoms with E-state index in [0.29, 0.717) is 11.1 Å². The lowest BCUT2D eigenvalue weighted by Gasteiger charge is -2.49. The van der Waals surface area contributed by atoms with Crippen LogP contribution in [0.3, 0.4) is 0 Å². The number of phenolic OH excluding ortho intramolecular Hbond substituents is 1. The van der Waals surface area contributed by atoms with Gasteiger partial charge in [0.05, 0.1) is 0 Å². The number of tetrazole rings is 1. The summed E-state index contributed by atoms with van der Waals surface area (Å²) in [6, 6.07) is 3.18. The van der Waals surface area contributed by atoms with Crippen molar-refractivity contribution in [2.75, 3.05) is 11.5 Å². The number of benzene rings is 1. The van der Waals surface area contributed by atoms with Gasteiger partial charge in [-0.15, -0.1) is 16.9 Å². The van der Waals surface area contributed by atoms with Gasteiger partial charge in [-0.25, -0.2) is 14.3 Å². The van der Waals surface area contributed by atoms with E-state index in [9.17, 15) is 34.2 Å². The van der Waals surface area contributed by atoms with Gasteiger partial charge in [-0.05, 0) is 54.5 Å². The number of nitrogens with one attached hydrogen (secondary N) is 2. The first-order valence-electron chi connectivity index (χ1n) is 12.3. The van der Waals surface area contributed by atoms with Crippen LogP contribution in [-0.2, 0) is 30.5 Å². The SMILES string of the molecule is CC(C)(C)OC(=O)N[C@@H](C(=O)NC1C(=O)N2C(C(=O)O)=C(CSc3nnnn3CC(=O)O)CS[C@H]12)c1ccc(O)cc1. The van der Waals surface area contributed by atoms with Gasteiger partial charge in [-0.2, -0.15) is 0 Å². The molecule has 4 rings (SSSR count). The molecule has 3 atom stereocenters. The number of carboxylic acids is 2. The average molecular weight is 622 g/mol. The Morgan fingerprint density at radius 3 is 2.50 bits per heavy atom. The van der Waals surface area contributed by atoms with E-state index in [2.05, 4.69) is 26.2 Å². The Hall–Kier alpha value is -4.32. The van der Waals surface area contributed by atoms with Crippen molar-refractivity contribution < 1.29 is 44.0 Å². The van der Waals surface area contributed by atoms with Crippen LogP contribution in [0.5, 0.6) is 5.75 Å². The number of aliphatic carboxylic acids is 2. The monoisotopic (exact) mass is 621 g/mol. The van der Waals surface area contributed by atoms with Crippen molar-refractivity contribution in [3.05, 3.63) is 41.1 Å². The first-order valence-corrected chi connectivity index (χ1v) is 14.4. The smallest absolute Gasteiger partial charge is 0.408 e. The molecule has 224 valence electrons. The van der Waals surface area contributed by atoms with Crippen LogP contribution in [0.4, 0.5) is 4.79 Å². The molecule has 2 aliphatic heterocycles. The number of aromatic hydroxyl groups is 1. The second-order valence-corrected chi connectivity index (χ2v) is 12.2. The Morgan fingerprint density at radius 2 is 1.88 bits per heavy atom. The van der Waals surface area contributed by atoms with Gasteiger partial charge in [0.2, 0.25) is 11.1 Å². The zero-order chi connectivity index (χ0) is 30.8. The third-order valence-corrected chi connectivity index (χ3v) is 8.24. The first kappa shape index (κ1) is 30.6. The van der Waals surface area contributed by atoms with Crippen molar-refractivity contribution in [2.24, 2.45) is 0 Å². The molecule has 0 aliphatic carbocycles. The van der Waals surface area contributed by atoms with E-state index in [1.54, 1.807) is 20.8 Å². The molecule has 1 aromatic heterocycles. The van der Waals surface area contributed by atoms with Crippen LogP contribution in [0.15, 0.2) is 40.7 Å². The van der Waals surface area contributed by atoms with Crippen LogP contribution in [-0.4, -0.2) is 98.8 Å². The van der Waals surface area contributed by atoms with Crippen molar-refractivity contribution in [1.82, 2.24) is 35.7 Å². The van der Waals surface area contributed by atoms with E-state index >= 15 is 0 Å². The summed E-state index contributed by atoms with van der Waals surface area (Å²) in [5.41, 5.74) is -0.376. The molecule has 5 N–H and O–H groups in total. The number of carboxylic acid groups (broad SMARTS) is 2. The zero-order valence-electron chi connectivity index (χ0n) is 22.5. The molecule has 1 aromatic carbocycles. The molecule has 1 saturated heterocycles.